The fraction of sp³-hybridized carbons (Fsp3) is 0.305. The van der Waals surface area contributed by atoms with Crippen molar-refractivity contribution in [1.29, 1.82) is 0 Å². The zero-order chi connectivity index (χ0) is 47.3. The number of piperazine rings is 1. The van der Waals surface area contributed by atoms with Crippen LogP contribution in [0.2, 0.25) is 0 Å². The van der Waals surface area contributed by atoms with Gasteiger partial charge in [0.05, 0.1) is 44.0 Å². The Labute approximate surface area is 403 Å². The number of hydrogen-bond donors (Lipinski definition) is 4. The van der Waals surface area contributed by atoms with Crippen molar-refractivity contribution in [2.75, 3.05) is 44.9 Å². The number of aromatic nitrogens is 1. The number of hydrogen-bond acceptors (Lipinski definition) is 9. The van der Waals surface area contributed by atoms with Crippen LogP contribution in [0.15, 0.2) is 137 Å². The Morgan fingerprint density at radius 2 is 1.64 bits per heavy atom. The molecule has 10 nitrogen and oxygen atoms in total. The summed E-state index contributed by atoms with van der Waals surface area (Å²) in [5, 5.41) is 25.2. The van der Waals surface area contributed by atoms with E-state index in [1.54, 1.807) is 37.5 Å². The van der Waals surface area contributed by atoms with Crippen LogP contribution in [0.5, 0.6) is 23.0 Å². The van der Waals surface area contributed by atoms with Gasteiger partial charge >= 0.3 is 0 Å². The van der Waals surface area contributed by atoms with Crippen LogP contribution in [0.1, 0.15) is 72.9 Å². The summed E-state index contributed by atoms with van der Waals surface area (Å²) in [5.41, 5.74) is 7.92. The van der Waals surface area contributed by atoms with Crippen LogP contribution in [0.4, 0.5) is 5.82 Å². The number of phenolic OH excluding ortho intramolecular Hbond substituents is 1. The summed E-state index contributed by atoms with van der Waals surface area (Å²) in [6.07, 6.45) is 8.87. The van der Waals surface area contributed by atoms with Crippen LogP contribution in [0.3, 0.4) is 0 Å². The minimum absolute atomic E-state index is 0.0512. The predicted molar refractivity (Wildman–Crippen MR) is 274 cm³/mol. The summed E-state index contributed by atoms with van der Waals surface area (Å²) < 4.78 is 26.8. The van der Waals surface area contributed by atoms with Gasteiger partial charge in [-0.15, -0.1) is 0 Å². The molecule has 0 radical (unpaired) electrons. The van der Waals surface area contributed by atoms with E-state index in [0.717, 1.165) is 41.2 Å². The first-order valence-electron chi connectivity index (χ1n) is 24.3. The van der Waals surface area contributed by atoms with Gasteiger partial charge in [0.2, 0.25) is 5.75 Å². The molecule has 69 heavy (non-hydrogen) atoms. The maximum absolute atomic E-state index is 14.9. The van der Waals surface area contributed by atoms with Crippen molar-refractivity contribution in [3.05, 3.63) is 166 Å². The molecule has 10 rings (SSSR count). The molecule has 0 amide bonds. The van der Waals surface area contributed by atoms with Crippen molar-refractivity contribution >= 4 is 22.9 Å². The molecule has 352 valence electrons. The lowest BCUT2D eigenvalue weighted by atomic mass is 9.85. The second-order valence-corrected chi connectivity index (χ2v) is 18.8. The van der Waals surface area contributed by atoms with Crippen molar-refractivity contribution in [3.8, 4) is 57.3 Å². The lowest BCUT2D eigenvalue weighted by molar-refractivity contribution is 0.176. The van der Waals surface area contributed by atoms with Crippen molar-refractivity contribution in [1.82, 2.24) is 10.3 Å². The first-order chi connectivity index (χ1) is 33.7. The molecular formula is C59H59N3O7. The minimum atomic E-state index is -0.827. The van der Waals surface area contributed by atoms with Gasteiger partial charge in [-0.1, -0.05) is 129 Å². The number of rotatable bonds is 14. The number of phenols is 1. The van der Waals surface area contributed by atoms with Crippen LogP contribution in [0, 0.1) is 11.8 Å². The molecule has 5 aromatic carbocycles. The van der Waals surface area contributed by atoms with E-state index < -0.39 is 12.0 Å². The van der Waals surface area contributed by atoms with Crippen molar-refractivity contribution < 1.29 is 28.8 Å². The van der Waals surface area contributed by atoms with Gasteiger partial charge in [0, 0.05) is 60.8 Å². The number of nitrogens with one attached hydrogen (secondary N) is 2. The first kappa shape index (κ1) is 45.6. The molecule has 10 heteroatoms. The van der Waals surface area contributed by atoms with Gasteiger partial charge in [-0.3, -0.25) is 4.79 Å². The number of benzene rings is 5. The Hall–Kier alpha value is -7.19. The monoisotopic (exact) mass is 921 g/mol. The van der Waals surface area contributed by atoms with Crippen molar-refractivity contribution in [2.24, 2.45) is 0 Å². The molecule has 3 unspecified atom stereocenters. The Balaban J connectivity index is 1.13. The number of methoxy groups -OCH3 is 1. The minimum Gasteiger partial charge on any atom is -0.508 e. The van der Waals surface area contributed by atoms with Gasteiger partial charge in [0.15, 0.2) is 22.5 Å². The molecule has 2 fully saturated rings. The molecule has 4 N–H and O–H groups in total. The molecule has 1 saturated heterocycles. The van der Waals surface area contributed by atoms with Gasteiger partial charge in [-0.05, 0) is 71.8 Å². The average molecular weight is 922 g/mol. The van der Waals surface area contributed by atoms with Crippen molar-refractivity contribution in [3.63, 3.8) is 0 Å². The number of aliphatic hydroxyl groups is 1. The first-order valence-corrected chi connectivity index (χ1v) is 24.3. The fourth-order valence-electron chi connectivity index (χ4n) is 10.2. The predicted octanol–water partition coefficient (Wildman–Crippen LogP) is 10.6. The summed E-state index contributed by atoms with van der Waals surface area (Å²) in [6, 6.07) is 38.9. The number of ether oxygens (including phenoxy) is 3. The SMILES string of the molecule is COc1c(OCCc2ccccc2)c(C2C#CC3CN(CCN3)c3[nH]c(C4(C)CCCC4)cc3-c3cccc(c3)C2)c2oc(-c3ccc(O)cc3)cc(=O)c2c1OCCC(O)C=Cc1ccccc1. The van der Waals surface area contributed by atoms with Crippen molar-refractivity contribution in [2.45, 2.75) is 75.3 Å². The van der Waals surface area contributed by atoms with Gasteiger partial charge in [-0.25, -0.2) is 0 Å². The van der Waals surface area contributed by atoms with E-state index in [2.05, 4.69) is 76.4 Å². The molecule has 4 heterocycles. The number of aromatic hydroxyl groups is 1. The maximum atomic E-state index is 14.9. The summed E-state index contributed by atoms with van der Waals surface area (Å²) >= 11 is 0. The lowest BCUT2D eigenvalue weighted by Gasteiger charge is -2.33. The number of anilines is 1. The standard InChI is InChI=1S/C59H59N3O7/c1-59(28-9-10-29-59)51-36-48-43-17-11-16-41(34-43)35-44(19-22-45-38-62(31-30-60-45)58(48)61-51)52-54-53(49(65)37-50(69-54)42-20-24-46(63)25-21-42)56(68-33-27-47(64)23-18-39-12-5-3-6-13-39)57(66-2)55(52)67-32-26-40-14-7-4-8-15-40/h3-8,11-18,20-21,23-25,34,36-37,44-45,47,60-61,63-64H,9-10,26-33,35,38H2,1-2H3. The van der Waals surface area contributed by atoms with E-state index in [0.29, 0.717) is 42.0 Å². The smallest absolute Gasteiger partial charge is 0.204 e. The van der Waals surface area contributed by atoms with Crippen LogP contribution in [0.25, 0.3) is 39.5 Å². The van der Waals surface area contributed by atoms with Gasteiger partial charge in [0.25, 0.3) is 0 Å². The second kappa shape index (κ2) is 20.2. The molecule has 3 atom stereocenters. The second-order valence-electron chi connectivity index (χ2n) is 18.8. The number of fused-ring (bicyclic) bond motifs is 8. The Kier molecular flexibility index (Phi) is 13.3. The molecule has 1 aliphatic carbocycles. The summed E-state index contributed by atoms with van der Waals surface area (Å²) in [5.74, 6) is 9.15. The molecule has 1 saturated carbocycles. The third kappa shape index (κ3) is 9.89. The summed E-state index contributed by atoms with van der Waals surface area (Å²) in [6.45, 7) is 4.99. The van der Waals surface area contributed by atoms with E-state index in [4.69, 9.17) is 18.6 Å². The van der Waals surface area contributed by atoms with Gasteiger partial charge in [0.1, 0.15) is 22.7 Å². The third-order valence-electron chi connectivity index (χ3n) is 14.0. The van der Waals surface area contributed by atoms with E-state index in [9.17, 15) is 15.0 Å². The molecular weight excluding hydrogens is 863 g/mol. The van der Waals surface area contributed by atoms with Crippen LogP contribution >= 0.6 is 0 Å². The molecule has 0 spiro atoms. The highest BCUT2D eigenvalue weighted by atomic mass is 16.5. The Morgan fingerprint density at radius 3 is 2.42 bits per heavy atom. The van der Waals surface area contributed by atoms with E-state index in [-0.39, 0.29) is 64.7 Å². The normalized spacial score (nSPS) is 17.9. The van der Waals surface area contributed by atoms with E-state index in [1.807, 2.05) is 54.6 Å². The zero-order valence-corrected chi connectivity index (χ0v) is 39.3. The van der Waals surface area contributed by atoms with Gasteiger partial charge < -0.3 is 44.0 Å². The quantitative estimate of drug-likeness (QED) is 0.0788. The molecule has 3 aliphatic rings. The van der Waals surface area contributed by atoms with Crippen LogP contribution < -0.4 is 29.9 Å². The summed E-state index contributed by atoms with van der Waals surface area (Å²) in [7, 11) is 1.55. The number of aromatic amines is 1. The molecule has 4 bridgehead atoms. The highest BCUT2D eigenvalue weighted by Gasteiger charge is 2.36. The topological polar surface area (TPSA) is 129 Å². The maximum Gasteiger partial charge on any atom is 0.204 e. The van der Waals surface area contributed by atoms with Gasteiger partial charge in [-0.2, -0.15) is 0 Å². The van der Waals surface area contributed by atoms with Crippen LogP contribution in [-0.4, -0.2) is 67.3 Å². The third-order valence-corrected chi connectivity index (χ3v) is 14.0. The molecule has 2 aromatic heterocycles. The van der Waals surface area contributed by atoms with E-state index in [1.165, 1.54) is 43.0 Å². The summed E-state index contributed by atoms with van der Waals surface area (Å²) in [4.78, 5) is 21.2. The molecule has 7 aromatic rings. The van der Waals surface area contributed by atoms with Crippen LogP contribution in [-0.2, 0) is 18.3 Å². The zero-order valence-electron chi connectivity index (χ0n) is 39.3. The highest BCUT2D eigenvalue weighted by molar-refractivity contribution is 5.94. The largest absolute Gasteiger partial charge is 0.508 e. The number of H-pyrrole nitrogens is 1. The lowest BCUT2D eigenvalue weighted by Crippen LogP contribution is -2.50. The average Bonchev–Trinajstić information content (AvgIpc) is 4.04. The van der Waals surface area contributed by atoms with E-state index >= 15 is 0 Å². The number of nitrogens with zero attached hydrogens (tertiary/aromatic N) is 1. The molecule has 2 aliphatic heterocycles. The highest BCUT2D eigenvalue weighted by Crippen LogP contribution is 2.51. The number of aliphatic hydroxyl groups excluding tert-OH is 1. The Bertz CT molecular complexity index is 3070. The fourth-order valence-corrected chi connectivity index (χ4v) is 10.2. The Morgan fingerprint density at radius 1 is 0.870 bits per heavy atom.